The molecule has 0 unspecified atom stereocenters. The molecule has 0 spiro atoms. The van der Waals surface area contributed by atoms with Gasteiger partial charge < -0.3 is 11.1 Å². The number of anilines is 1. The third kappa shape index (κ3) is 3.48. The van der Waals surface area contributed by atoms with Gasteiger partial charge in [-0.05, 0) is 48.9 Å². The number of hydrogen-bond acceptors (Lipinski definition) is 2. The number of rotatable bonds is 6. The number of benzene rings is 2. The van der Waals surface area contributed by atoms with Gasteiger partial charge in [-0.3, -0.25) is 4.79 Å². The lowest BCUT2D eigenvalue weighted by Gasteiger charge is -2.15. The SMILES string of the molecule is Nc1ccc(CCNC(=O)C2(Cc3ccccc3)CC2)cc1. The number of nitrogen functional groups attached to an aromatic ring is 1. The average Bonchev–Trinajstić information content (AvgIpc) is 3.31. The molecule has 0 bridgehead atoms. The molecule has 0 saturated heterocycles. The zero-order valence-corrected chi connectivity index (χ0v) is 12.7. The monoisotopic (exact) mass is 294 g/mol. The molecule has 3 heteroatoms. The lowest BCUT2D eigenvalue weighted by Crippen LogP contribution is -2.34. The molecule has 3 nitrogen and oxygen atoms in total. The third-order valence-corrected chi connectivity index (χ3v) is 4.40. The fourth-order valence-corrected chi connectivity index (χ4v) is 2.81. The van der Waals surface area contributed by atoms with Crippen molar-refractivity contribution in [3.8, 4) is 0 Å². The predicted molar refractivity (Wildman–Crippen MR) is 89.4 cm³/mol. The van der Waals surface area contributed by atoms with Gasteiger partial charge in [0.15, 0.2) is 0 Å². The van der Waals surface area contributed by atoms with E-state index in [9.17, 15) is 4.79 Å². The fourth-order valence-electron chi connectivity index (χ4n) is 2.81. The van der Waals surface area contributed by atoms with Crippen molar-refractivity contribution in [2.75, 3.05) is 12.3 Å². The second kappa shape index (κ2) is 6.22. The van der Waals surface area contributed by atoms with Crippen molar-refractivity contribution in [3.63, 3.8) is 0 Å². The maximum absolute atomic E-state index is 12.4. The van der Waals surface area contributed by atoms with E-state index < -0.39 is 0 Å². The van der Waals surface area contributed by atoms with Gasteiger partial charge in [0, 0.05) is 12.2 Å². The summed E-state index contributed by atoms with van der Waals surface area (Å²) in [5.41, 5.74) is 8.72. The van der Waals surface area contributed by atoms with Crippen LogP contribution in [0.4, 0.5) is 5.69 Å². The Kier molecular flexibility index (Phi) is 4.14. The van der Waals surface area contributed by atoms with Crippen molar-refractivity contribution in [1.82, 2.24) is 5.32 Å². The fraction of sp³-hybridized carbons (Fsp3) is 0.316. The van der Waals surface area contributed by atoms with Crippen LogP contribution in [0.25, 0.3) is 0 Å². The first-order valence-electron chi connectivity index (χ1n) is 7.85. The number of nitrogens with two attached hydrogens (primary N) is 1. The van der Waals surface area contributed by atoms with Crippen LogP contribution in [0.3, 0.4) is 0 Å². The summed E-state index contributed by atoms with van der Waals surface area (Å²) in [6.07, 6.45) is 3.68. The first-order valence-corrected chi connectivity index (χ1v) is 7.85. The molecule has 3 N–H and O–H groups in total. The normalized spacial score (nSPS) is 15.3. The Balaban J connectivity index is 1.50. The van der Waals surface area contributed by atoms with Crippen molar-refractivity contribution < 1.29 is 4.79 Å². The van der Waals surface area contributed by atoms with Gasteiger partial charge in [0.05, 0.1) is 5.41 Å². The highest BCUT2D eigenvalue weighted by molar-refractivity contribution is 5.85. The molecular formula is C19H22N2O. The summed E-state index contributed by atoms with van der Waals surface area (Å²) in [5, 5.41) is 3.10. The summed E-state index contributed by atoms with van der Waals surface area (Å²) < 4.78 is 0. The highest BCUT2D eigenvalue weighted by atomic mass is 16.2. The Morgan fingerprint density at radius 1 is 1.00 bits per heavy atom. The molecule has 1 fully saturated rings. The molecule has 1 saturated carbocycles. The lowest BCUT2D eigenvalue weighted by molar-refractivity contribution is -0.126. The van der Waals surface area contributed by atoms with Gasteiger partial charge in [0.1, 0.15) is 0 Å². The third-order valence-electron chi connectivity index (χ3n) is 4.40. The van der Waals surface area contributed by atoms with Crippen molar-refractivity contribution in [1.29, 1.82) is 0 Å². The summed E-state index contributed by atoms with van der Waals surface area (Å²) in [4.78, 5) is 12.4. The van der Waals surface area contributed by atoms with E-state index in [2.05, 4.69) is 17.4 Å². The van der Waals surface area contributed by atoms with Gasteiger partial charge in [0.25, 0.3) is 0 Å². The second-order valence-corrected chi connectivity index (χ2v) is 6.19. The Morgan fingerprint density at radius 2 is 1.68 bits per heavy atom. The Morgan fingerprint density at radius 3 is 2.32 bits per heavy atom. The first-order chi connectivity index (χ1) is 10.7. The number of amides is 1. The number of hydrogen-bond donors (Lipinski definition) is 2. The summed E-state index contributed by atoms with van der Waals surface area (Å²) in [5.74, 6) is 0.201. The molecule has 0 aliphatic heterocycles. The van der Waals surface area contributed by atoms with Crippen molar-refractivity contribution in [3.05, 3.63) is 65.7 Å². The van der Waals surface area contributed by atoms with Crippen molar-refractivity contribution in [2.24, 2.45) is 5.41 Å². The Labute approximate surface area is 131 Å². The maximum atomic E-state index is 12.4. The van der Waals surface area contributed by atoms with Gasteiger partial charge in [0.2, 0.25) is 5.91 Å². The summed E-state index contributed by atoms with van der Waals surface area (Å²) >= 11 is 0. The number of carbonyl (C=O) groups is 1. The van der Waals surface area contributed by atoms with E-state index in [1.807, 2.05) is 42.5 Å². The van der Waals surface area contributed by atoms with E-state index in [0.29, 0.717) is 6.54 Å². The molecule has 114 valence electrons. The highest BCUT2D eigenvalue weighted by Gasteiger charge is 2.49. The predicted octanol–water partition coefficient (Wildman–Crippen LogP) is 2.95. The van der Waals surface area contributed by atoms with Gasteiger partial charge >= 0.3 is 0 Å². The van der Waals surface area contributed by atoms with E-state index in [-0.39, 0.29) is 11.3 Å². The van der Waals surface area contributed by atoms with E-state index in [0.717, 1.165) is 31.4 Å². The number of nitrogens with one attached hydrogen (secondary N) is 1. The van der Waals surface area contributed by atoms with Gasteiger partial charge in [-0.15, -0.1) is 0 Å². The minimum atomic E-state index is -0.164. The van der Waals surface area contributed by atoms with Crippen LogP contribution in [0, 0.1) is 5.41 Å². The molecule has 22 heavy (non-hydrogen) atoms. The smallest absolute Gasteiger partial charge is 0.226 e. The molecule has 1 aliphatic rings. The van der Waals surface area contributed by atoms with E-state index >= 15 is 0 Å². The van der Waals surface area contributed by atoms with Gasteiger partial charge in [-0.2, -0.15) is 0 Å². The van der Waals surface area contributed by atoms with Crippen molar-refractivity contribution >= 4 is 11.6 Å². The summed E-state index contributed by atoms with van der Waals surface area (Å²) in [6, 6.07) is 18.1. The van der Waals surface area contributed by atoms with Crippen LogP contribution in [-0.2, 0) is 17.6 Å². The van der Waals surface area contributed by atoms with E-state index in [1.165, 1.54) is 11.1 Å². The quantitative estimate of drug-likeness (QED) is 0.805. The minimum Gasteiger partial charge on any atom is -0.399 e. The van der Waals surface area contributed by atoms with Crippen LogP contribution in [0.15, 0.2) is 54.6 Å². The molecule has 3 rings (SSSR count). The molecule has 0 radical (unpaired) electrons. The Bertz CT molecular complexity index is 630. The van der Waals surface area contributed by atoms with Crippen molar-refractivity contribution in [2.45, 2.75) is 25.7 Å². The summed E-state index contributed by atoms with van der Waals surface area (Å²) in [6.45, 7) is 0.680. The molecule has 0 atom stereocenters. The molecule has 0 aromatic heterocycles. The maximum Gasteiger partial charge on any atom is 0.226 e. The zero-order chi connectivity index (χ0) is 15.4. The topological polar surface area (TPSA) is 55.1 Å². The first kappa shape index (κ1) is 14.6. The van der Waals surface area contributed by atoms with Crippen LogP contribution in [0.1, 0.15) is 24.0 Å². The van der Waals surface area contributed by atoms with E-state index in [4.69, 9.17) is 5.73 Å². The average molecular weight is 294 g/mol. The molecule has 2 aromatic carbocycles. The lowest BCUT2D eigenvalue weighted by atomic mass is 9.95. The van der Waals surface area contributed by atoms with Crippen LogP contribution in [-0.4, -0.2) is 12.5 Å². The molecular weight excluding hydrogens is 272 g/mol. The van der Waals surface area contributed by atoms with Gasteiger partial charge in [-0.1, -0.05) is 42.5 Å². The van der Waals surface area contributed by atoms with E-state index in [1.54, 1.807) is 0 Å². The standard InChI is InChI=1S/C19H22N2O/c20-17-8-6-15(7-9-17)10-13-21-18(22)19(11-12-19)14-16-4-2-1-3-5-16/h1-9H,10-14,20H2,(H,21,22). The molecule has 1 aliphatic carbocycles. The molecule has 1 amide bonds. The molecule has 2 aromatic rings. The van der Waals surface area contributed by atoms with Crippen LogP contribution < -0.4 is 11.1 Å². The van der Waals surface area contributed by atoms with Crippen LogP contribution in [0.2, 0.25) is 0 Å². The molecule has 0 heterocycles. The second-order valence-electron chi connectivity index (χ2n) is 6.19. The highest BCUT2D eigenvalue weighted by Crippen LogP contribution is 2.48. The minimum absolute atomic E-state index is 0.164. The van der Waals surface area contributed by atoms with Crippen LogP contribution in [0.5, 0.6) is 0 Å². The largest absolute Gasteiger partial charge is 0.399 e. The Hall–Kier alpha value is -2.29. The zero-order valence-electron chi connectivity index (χ0n) is 12.7. The van der Waals surface area contributed by atoms with Crippen LogP contribution >= 0.6 is 0 Å². The van der Waals surface area contributed by atoms with Gasteiger partial charge in [-0.25, -0.2) is 0 Å². The summed E-state index contributed by atoms with van der Waals surface area (Å²) in [7, 11) is 0. The number of carbonyl (C=O) groups excluding carboxylic acids is 1.